The second-order valence-corrected chi connectivity index (χ2v) is 7.54. The Kier molecular flexibility index (Phi) is 5.91. The number of sulfonamides is 1. The molecule has 0 saturated heterocycles. The predicted molar refractivity (Wildman–Crippen MR) is 91.4 cm³/mol. The van der Waals surface area contributed by atoms with Crippen LogP contribution in [-0.2, 0) is 21.4 Å². The Balaban J connectivity index is 2.20. The lowest BCUT2D eigenvalue weighted by Crippen LogP contribution is -2.47. The van der Waals surface area contributed by atoms with Gasteiger partial charge in [0.25, 0.3) is 0 Å². The Bertz CT molecular complexity index is 902. The van der Waals surface area contributed by atoms with E-state index in [1.807, 2.05) is 0 Å². The number of nitrogens with one attached hydrogen (secondary N) is 1. The molecule has 1 amide bonds. The molecule has 2 aromatic carbocycles. The van der Waals surface area contributed by atoms with Crippen LogP contribution in [0.2, 0.25) is 0 Å². The summed E-state index contributed by atoms with van der Waals surface area (Å²) in [7, 11) is -3.95. The number of benzene rings is 2. The second-order valence-electron chi connectivity index (χ2n) is 5.68. The Labute approximate surface area is 149 Å². The van der Waals surface area contributed by atoms with E-state index in [4.69, 9.17) is 0 Å². The summed E-state index contributed by atoms with van der Waals surface area (Å²) >= 11 is 0. The minimum Gasteiger partial charge on any atom is -0.350 e. The lowest BCUT2D eigenvalue weighted by molar-refractivity contribution is -0.122. The highest BCUT2D eigenvalue weighted by Crippen LogP contribution is 2.23. The van der Waals surface area contributed by atoms with E-state index in [0.717, 1.165) is 18.4 Å². The predicted octanol–water partition coefficient (Wildman–Crippen LogP) is 2.57. The van der Waals surface area contributed by atoms with Crippen LogP contribution < -0.4 is 9.62 Å². The van der Waals surface area contributed by atoms with Crippen LogP contribution >= 0.6 is 0 Å². The van der Waals surface area contributed by atoms with E-state index < -0.39 is 39.4 Å². The third-order valence-electron chi connectivity index (χ3n) is 3.63. The van der Waals surface area contributed by atoms with Crippen molar-refractivity contribution in [2.24, 2.45) is 0 Å². The lowest BCUT2D eigenvalue weighted by atomic mass is 10.2. The second kappa shape index (κ2) is 7.77. The number of hydrogen-bond donors (Lipinski definition) is 1. The summed E-state index contributed by atoms with van der Waals surface area (Å²) in [6.45, 7) is 1.38. The zero-order valence-corrected chi connectivity index (χ0v) is 14.9. The first-order valence-electron chi connectivity index (χ1n) is 7.56. The van der Waals surface area contributed by atoms with E-state index in [0.29, 0.717) is 15.9 Å². The van der Waals surface area contributed by atoms with Crippen molar-refractivity contribution >= 4 is 21.6 Å². The van der Waals surface area contributed by atoms with Gasteiger partial charge in [-0.3, -0.25) is 9.10 Å². The van der Waals surface area contributed by atoms with Crippen molar-refractivity contribution in [3.8, 4) is 0 Å². The Hall–Kier alpha value is -2.55. The van der Waals surface area contributed by atoms with E-state index in [-0.39, 0.29) is 12.2 Å². The van der Waals surface area contributed by atoms with Crippen LogP contribution in [0.25, 0.3) is 0 Å². The van der Waals surface area contributed by atoms with Crippen molar-refractivity contribution in [3.05, 3.63) is 65.5 Å². The molecule has 0 saturated carbocycles. The summed E-state index contributed by atoms with van der Waals surface area (Å²) < 4.78 is 64.3. The lowest BCUT2D eigenvalue weighted by Gasteiger charge is -2.28. The summed E-state index contributed by atoms with van der Waals surface area (Å²) in [5.41, 5.74) is 0.446. The molecule has 1 unspecified atom stereocenters. The third kappa shape index (κ3) is 4.75. The fraction of sp³-hybridized carbons (Fsp3) is 0.235. The minimum atomic E-state index is -3.95. The molecule has 26 heavy (non-hydrogen) atoms. The summed E-state index contributed by atoms with van der Waals surface area (Å²) in [5, 5.41) is 2.53. The zero-order chi connectivity index (χ0) is 19.5. The van der Waals surface area contributed by atoms with Crippen LogP contribution in [0.3, 0.4) is 0 Å². The highest BCUT2D eigenvalue weighted by molar-refractivity contribution is 7.92. The Morgan fingerprint density at radius 1 is 1.08 bits per heavy atom. The maximum atomic E-state index is 13.5. The molecule has 1 atom stereocenters. The molecule has 0 aromatic heterocycles. The fourth-order valence-electron chi connectivity index (χ4n) is 2.37. The largest absolute Gasteiger partial charge is 0.350 e. The van der Waals surface area contributed by atoms with Crippen LogP contribution in [0.1, 0.15) is 12.5 Å². The minimum absolute atomic E-state index is 0.0544. The van der Waals surface area contributed by atoms with Gasteiger partial charge in [0.2, 0.25) is 15.9 Å². The Morgan fingerprint density at radius 2 is 1.69 bits per heavy atom. The third-order valence-corrected chi connectivity index (χ3v) is 4.87. The van der Waals surface area contributed by atoms with E-state index in [2.05, 4.69) is 5.32 Å². The molecule has 140 valence electrons. The van der Waals surface area contributed by atoms with Gasteiger partial charge >= 0.3 is 0 Å². The monoisotopic (exact) mass is 386 g/mol. The number of anilines is 1. The summed E-state index contributed by atoms with van der Waals surface area (Å²) in [6, 6.07) is 6.77. The van der Waals surface area contributed by atoms with Crippen LogP contribution in [0, 0.1) is 17.5 Å². The van der Waals surface area contributed by atoms with Crippen molar-refractivity contribution in [2.75, 3.05) is 10.6 Å². The number of hydrogen-bond acceptors (Lipinski definition) is 3. The highest BCUT2D eigenvalue weighted by Gasteiger charge is 2.29. The van der Waals surface area contributed by atoms with E-state index in [1.54, 1.807) is 0 Å². The molecule has 1 N–H and O–H groups in total. The summed E-state index contributed by atoms with van der Waals surface area (Å²) in [4.78, 5) is 12.3. The standard InChI is InChI=1S/C17H17F3N2O3S/c1-11(17(23)21-10-12-3-5-13(18)6-4-12)22(26(2,24)25)14-7-8-15(19)16(20)9-14/h3-9,11H,10H2,1-2H3,(H,21,23). The number of carbonyl (C=O) groups excluding carboxylic acids is 1. The van der Waals surface area contributed by atoms with E-state index >= 15 is 0 Å². The van der Waals surface area contributed by atoms with Crippen LogP contribution in [-0.4, -0.2) is 26.6 Å². The molecule has 0 radical (unpaired) electrons. The highest BCUT2D eigenvalue weighted by atomic mass is 32.2. The average molecular weight is 386 g/mol. The van der Waals surface area contributed by atoms with Gasteiger partial charge in [-0.2, -0.15) is 0 Å². The van der Waals surface area contributed by atoms with Gasteiger partial charge in [0.1, 0.15) is 11.9 Å². The maximum absolute atomic E-state index is 13.5. The van der Waals surface area contributed by atoms with E-state index in [9.17, 15) is 26.4 Å². The van der Waals surface area contributed by atoms with Crippen LogP contribution in [0.4, 0.5) is 18.9 Å². The molecule has 2 aromatic rings. The molecule has 0 heterocycles. The topological polar surface area (TPSA) is 66.5 Å². The SMILES string of the molecule is CC(C(=O)NCc1ccc(F)cc1)N(c1ccc(F)c(F)c1)S(C)(=O)=O. The summed E-state index contributed by atoms with van der Waals surface area (Å²) in [6.07, 6.45) is 0.859. The maximum Gasteiger partial charge on any atom is 0.243 e. The zero-order valence-electron chi connectivity index (χ0n) is 14.0. The first kappa shape index (κ1) is 19.8. The van der Waals surface area contributed by atoms with Crippen LogP contribution in [0.5, 0.6) is 0 Å². The van der Waals surface area contributed by atoms with Gasteiger partial charge in [-0.25, -0.2) is 21.6 Å². The molecule has 0 bridgehead atoms. The van der Waals surface area contributed by atoms with Crippen LogP contribution in [0.15, 0.2) is 42.5 Å². The molecule has 0 aliphatic rings. The molecule has 0 fully saturated rings. The number of halogens is 3. The number of carbonyl (C=O) groups is 1. The van der Waals surface area contributed by atoms with Crippen molar-refractivity contribution in [1.82, 2.24) is 5.32 Å². The van der Waals surface area contributed by atoms with Gasteiger partial charge in [0.15, 0.2) is 11.6 Å². The van der Waals surface area contributed by atoms with Gasteiger partial charge in [0.05, 0.1) is 11.9 Å². The van der Waals surface area contributed by atoms with E-state index in [1.165, 1.54) is 31.2 Å². The normalized spacial score (nSPS) is 12.5. The molecule has 5 nitrogen and oxygen atoms in total. The van der Waals surface area contributed by atoms with Gasteiger partial charge in [-0.1, -0.05) is 12.1 Å². The Morgan fingerprint density at radius 3 is 2.23 bits per heavy atom. The molecule has 2 rings (SSSR count). The molecular weight excluding hydrogens is 369 g/mol. The van der Waals surface area contributed by atoms with Crippen molar-refractivity contribution in [3.63, 3.8) is 0 Å². The molecule has 0 spiro atoms. The molecule has 0 aliphatic heterocycles. The smallest absolute Gasteiger partial charge is 0.243 e. The number of rotatable bonds is 6. The first-order chi connectivity index (χ1) is 12.1. The number of nitrogens with zero attached hydrogens (tertiary/aromatic N) is 1. The van der Waals surface area contributed by atoms with Crippen molar-refractivity contribution in [1.29, 1.82) is 0 Å². The van der Waals surface area contributed by atoms with Gasteiger partial charge in [0, 0.05) is 12.6 Å². The first-order valence-corrected chi connectivity index (χ1v) is 9.41. The van der Waals surface area contributed by atoms with Crippen molar-refractivity contribution < 1.29 is 26.4 Å². The molecule has 0 aliphatic carbocycles. The summed E-state index contributed by atoms with van der Waals surface area (Å²) in [5.74, 6) is -3.43. The average Bonchev–Trinajstić information content (AvgIpc) is 2.56. The van der Waals surface area contributed by atoms with Gasteiger partial charge < -0.3 is 5.32 Å². The van der Waals surface area contributed by atoms with Gasteiger partial charge in [-0.05, 0) is 36.8 Å². The van der Waals surface area contributed by atoms with Crippen molar-refractivity contribution in [2.45, 2.75) is 19.5 Å². The molecular formula is C17H17F3N2O3S. The fourth-order valence-corrected chi connectivity index (χ4v) is 3.54. The number of amides is 1. The quantitative estimate of drug-likeness (QED) is 0.830. The molecule has 9 heteroatoms. The van der Waals surface area contributed by atoms with Gasteiger partial charge in [-0.15, -0.1) is 0 Å².